The Hall–Kier alpha value is -2.36. The van der Waals surface area contributed by atoms with E-state index in [1.807, 2.05) is 37.4 Å². The maximum Gasteiger partial charge on any atom is 0.219 e. The van der Waals surface area contributed by atoms with Crippen LogP contribution < -0.4 is 0 Å². The molecule has 0 saturated heterocycles. The first-order chi connectivity index (χ1) is 8.66. The fourth-order valence-electron chi connectivity index (χ4n) is 2.06. The SMILES string of the molecule is Cc1ccccc1-c1cn2c(O)c(C)nc2cn1. The standard InChI is InChI=1S/C14H13N3O/c1-9-5-3-4-6-11(9)12-8-17-13(7-15-12)16-10(2)14(17)18/h3-8,18H,1-2H3. The molecule has 18 heavy (non-hydrogen) atoms. The molecule has 0 unspecified atom stereocenters. The second-order valence-corrected chi connectivity index (χ2v) is 4.34. The van der Waals surface area contributed by atoms with Crippen LogP contribution in [0.5, 0.6) is 5.88 Å². The lowest BCUT2D eigenvalue weighted by molar-refractivity contribution is 0.444. The van der Waals surface area contributed by atoms with E-state index in [2.05, 4.69) is 9.97 Å². The first-order valence-corrected chi connectivity index (χ1v) is 5.76. The molecule has 0 aliphatic heterocycles. The number of benzene rings is 1. The summed E-state index contributed by atoms with van der Waals surface area (Å²) >= 11 is 0. The van der Waals surface area contributed by atoms with Crippen LogP contribution in [-0.2, 0) is 0 Å². The fourth-order valence-corrected chi connectivity index (χ4v) is 2.06. The summed E-state index contributed by atoms with van der Waals surface area (Å²) in [6.07, 6.45) is 3.49. The van der Waals surface area contributed by atoms with E-state index < -0.39 is 0 Å². The van der Waals surface area contributed by atoms with Gasteiger partial charge >= 0.3 is 0 Å². The minimum atomic E-state index is 0.169. The van der Waals surface area contributed by atoms with Gasteiger partial charge in [-0.3, -0.25) is 9.38 Å². The molecular formula is C14H13N3O. The number of aromatic hydroxyl groups is 1. The highest BCUT2D eigenvalue weighted by atomic mass is 16.3. The number of fused-ring (bicyclic) bond motifs is 1. The molecule has 0 aliphatic carbocycles. The van der Waals surface area contributed by atoms with E-state index in [0.717, 1.165) is 16.8 Å². The zero-order chi connectivity index (χ0) is 12.7. The molecule has 0 spiro atoms. The van der Waals surface area contributed by atoms with Crippen LogP contribution in [0.15, 0.2) is 36.7 Å². The number of nitrogens with zero attached hydrogens (tertiary/aromatic N) is 3. The van der Waals surface area contributed by atoms with Crippen molar-refractivity contribution in [2.24, 2.45) is 0 Å². The Bertz CT molecular complexity index is 731. The van der Waals surface area contributed by atoms with E-state index in [0.29, 0.717) is 11.3 Å². The van der Waals surface area contributed by atoms with Crippen molar-refractivity contribution in [3.05, 3.63) is 47.9 Å². The van der Waals surface area contributed by atoms with E-state index in [1.54, 1.807) is 17.5 Å². The van der Waals surface area contributed by atoms with Crippen LogP contribution in [0.4, 0.5) is 0 Å². The van der Waals surface area contributed by atoms with Crippen LogP contribution in [-0.4, -0.2) is 19.5 Å². The Morgan fingerprint density at radius 3 is 2.72 bits per heavy atom. The Labute approximate surface area is 105 Å². The molecule has 0 saturated carbocycles. The molecule has 1 aromatic carbocycles. The first kappa shape index (κ1) is 10.8. The minimum Gasteiger partial charge on any atom is -0.493 e. The zero-order valence-electron chi connectivity index (χ0n) is 10.3. The summed E-state index contributed by atoms with van der Waals surface area (Å²) in [6, 6.07) is 8.04. The molecular weight excluding hydrogens is 226 g/mol. The molecule has 1 N–H and O–H groups in total. The van der Waals surface area contributed by atoms with Crippen LogP contribution >= 0.6 is 0 Å². The predicted octanol–water partition coefficient (Wildman–Crippen LogP) is 2.72. The van der Waals surface area contributed by atoms with Gasteiger partial charge in [-0.05, 0) is 19.4 Å². The van der Waals surface area contributed by atoms with E-state index in [9.17, 15) is 5.11 Å². The van der Waals surface area contributed by atoms with Gasteiger partial charge in [0.25, 0.3) is 0 Å². The highest BCUT2D eigenvalue weighted by molar-refractivity contribution is 5.64. The average Bonchev–Trinajstić information content (AvgIpc) is 2.66. The van der Waals surface area contributed by atoms with Gasteiger partial charge in [-0.25, -0.2) is 4.98 Å². The fraction of sp³-hybridized carbons (Fsp3) is 0.143. The quantitative estimate of drug-likeness (QED) is 0.710. The van der Waals surface area contributed by atoms with Crippen molar-refractivity contribution >= 4 is 5.65 Å². The van der Waals surface area contributed by atoms with Crippen LogP contribution in [0.2, 0.25) is 0 Å². The molecule has 0 amide bonds. The number of aryl methyl sites for hydroxylation is 2. The third-order valence-corrected chi connectivity index (χ3v) is 3.07. The van der Waals surface area contributed by atoms with Crippen LogP contribution in [0, 0.1) is 13.8 Å². The highest BCUT2D eigenvalue weighted by Gasteiger charge is 2.09. The summed E-state index contributed by atoms with van der Waals surface area (Å²) in [5.74, 6) is 0.169. The topological polar surface area (TPSA) is 50.4 Å². The molecule has 4 heteroatoms. The van der Waals surface area contributed by atoms with Gasteiger partial charge in [-0.2, -0.15) is 0 Å². The molecule has 3 aromatic rings. The second-order valence-electron chi connectivity index (χ2n) is 4.34. The van der Waals surface area contributed by atoms with Crippen molar-refractivity contribution in [1.29, 1.82) is 0 Å². The van der Waals surface area contributed by atoms with Crippen molar-refractivity contribution in [2.45, 2.75) is 13.8 Å². The molecule has 4 nitrogen and oxygen atoms in total. The number of hydrogen-bond donors (Lipinski definition) is 1. The van der Waals surface area contributed by atoms with Gasteiger partial charge in [0, 0.05) is 11.8 Å². The maximum absolute atomic E-state index is 9.91. The van der Waals surface area contributed by atoms with Crippen molar-refractivity contribution in [2.75, 3.05) is 0 Å². The molecule has 90 valence electrons. The Kier molecular flexibility index (Phi) is 2.30. The smallest absolute Gasteiger partial charge is 0.219 e. The molecule has 2 heterocycles. The number of hydrogen-bond acceptors (Lipinski definition) is 3. The lowest BCUT2D eigenvalue weighted by Gasteiger charge is -2.05. The summed E-state index contributed by atoms with van der Waals surface area (Å²) in [7, 11) is 0. The molecule has 0 aliphatic rings. The average molecular weight is 239 g/mol. The molecule has 3 rings (SSSR count). The highest BCUT2D eigenvalue weighted by Crippen LogP contribution is 2.24. The normalized spacial score (nSPS) is 11.0. The van der Waals surface area contributed by atoms with Gasteiger partial charge in [0.1, 0.15) is 5.69 Å². The van der Waals surface area contributed by atoms with Crippen molar-refractivity contribution in [3.8, 4) is 17.1 Å². The van der Waals surface area contributed by atoms with Crippen LogP contribution in [0.3, 0.4) is 0 Å². The lowest BCUT2D eigenvalue weighted by Crippen LogP contribution is -1.92. The summed E-state index contributed by atoms with van der Waals surface area (Å²) in [4.78, 5) is 8.62. The van der Waals surface area contributed by atoms with Gasteiger partial charge < -0.3 is 5.11 Å². The summed E-state index contributed by atoms with van der Waals surface area (Å²) < 4.78 is 1.66. The van der Waals surface area contributed by atoms with E-state index in [4.69, 9.17) is 0 Å². The van der Waals surface area contributed by atoms with E-state index in [1.165, 1.54) is 0 Å². The first-order valence-electron chi connectivity index (χ1n) is 5.76. The van der Waals surface area contributed by atoms with Gasteiger partial charge in [0.05, 0.1) is 11.9 Å². The summed E-state index contributed by atoms with van der Waals surface area (Å²) in [6.45, 7) is 3.82. The Morgan fingerprint density at radius 1 is 1.17 bits per heavy atom. The molecule has 0 fully saturated rings. The number of imidazole rings is 1. The van der Waals surface area contributed by atoms with Crippen molar-refractivity contribution in [1.82, 2.24) is 14.4 Å². The van der Waals surface area contributed by atoms with Gasteiger partial charge in [-0.1, -0.05) is 24.3 Å². The molecule has 0 bridgehead atoms. The second kappa shape index (κ2) is 3.84. The lowest BCUT2D eigenvalue weighted by atomic mass is 10.1. The van der Waals surface area contributed by atoms with E-state index >= 15 is 0 Å². The third-order valence-electron chi connectivity index (χ3n) is 3.07. The van der Waals surface area contributed by atoms with Gasteiger partial charge in [0.15, 0.2) is 5.65 Å². The minimum absolute atomic E-state index is 0.169. The third kappa shape index (κ3) is 1.54. The van der Waals surface area contributed by atoms with Crippen LogP contribution in [0.25, 0.3) is 16.9 Å². The largest absolute Gasteiger partial charge is 0.493 e. The monoisotopic (exact) mass is 239 g/mol. The zero-order valence-corrected chi connectivity index (χ0v) is 10.3. The van der Waals surface area contributed by atoms with Crippen molar-refractivity contribution in [3.63, 3.8) is 0 Å². The van der Waals surface area contributed by atoms with E-state index in [-0.39, 0.29) is 5.88 Å². The van der Waals surface area contributed by atoms with Crippen LogP contribution in [0.1, 0.15) is 11.3 Å². The summed E-state index contributed by atoms with van der Waals surface area (Å²) in [5, 5.41) is 9.91. The maximum atomic E-state index is 9.91. The van der Waals surface area contributed by atoms with Gasteiger partial charge in [0.2, 0.25) is 5.88 Å². The number of rotatable bonds is 1. The Morgan fingerprint density at radius 2 is 1.94 bits per heavy atom. The van der Waals surface area contributed by atoms with Crippen molar-refractivity contribution < 1.29 is 5.11 Å². The number of aromatic nitrogens is 3. The van der Waals surface area contributed by atoms with Gasteiger partial charge in [-0.15, -0.1) is 0 Å². The summed E-state index contributed by atoms with van der Waals surface area (Å²) in [5.41, 5.74) is 4.31. The predicted molar refractivity (Wildman–Crippen MR) is 69.6 cm³/mol. The Balaban J connectivity index is 2.25. The molecule has 0 atom stereocenters. The molecule has 0 radical (unpaired) electrons. The molecule has 2 aromatic heterocycles.